The van der Waals surface area contributed by atoms with Crippen LogP contribution >= 0.6 is 11.3 Å². The summed E-state index contributed by atoms with van der Waals surface area (Å²) in [6, 6.07) is 14.6. The van der Waals surface area contributed by atoms with Gasteiger partial charge in [0.05, 0.1) is 22.3 Å². The molecule has 0 atom stereocenters. The molecule has 7 heteroatoms. The molecule has 0 saturated heterocycles. The fraction of sp³-hybridized carbons (Fsp3) is 0.105. The molecule has 4 aromatic rings. The highest BCUT2D eigenvalue weighted by Crippen LogP contribution is 2.26. The van der Waals surface area contributed by atoms with E-state index in [1.54, 1.807) is 24.5 Å². The van der Waals surface area contributed by atoms with Crippen molar-refractivity contribution in [3.8, 4) is 17.0 Å². The Labute approximate surface area is 153 Å². The molecule has 6 nitrogen and oxygen atoms in total. The summed E-state index contributed by atoms with van der Waals surface area (Å²) < 4.78 is 11.4. The molecular weight excluding hydrogens is 350 g/mol. The van der Waals surface area contributed by atoms with Crippen molar-refractivity contribution < 1.29 is 14.1 Å². The number of amides is 1. The second kappa shape index (κ2) is 6.61. The molecule has 1 N–H and O–H groups in total. The predicted octanol–water partition coefficient (Wildman–Crippen LogP) is 4.52. The number of aryl methyl sites for hydroxylation is 1. The van der Waals surface area contributed by atoms with Crippen LogP contribution in [-0.2, 0) is 0 Å². The van der Waals surface area contributed by atoms with Gasteiger partial charge in [-0.05, 0) is 49.4 Å². The minimum atomic E-state index is -0.349. The van der Waals surface area contributed by atoms with Gasteiger partial charge in [-0.3, -0.25) is 4.79 Å². The minimum absolute atomic E-state index is 0.149. The molecule has 0 bridgehead atoms. The SMILES string of the molecule is COc1ccc(-c2cc(C(=O)Nc3ccc4nc(C)sc4c3)on2)cc1. The number of methoxy groups -OCH3 is 1. The third kappa shape index (κ3) is 3.16. The highest BCUT2D eigenvalue weighted by molar-refractivity contribution is 7.18. The van der Waals surface area contributed by atoms with Crippen LogP contribution in [0.1, 0.15) is 15.6 Å². The predicted molar refractivity (Wildman–Crippen MR) is 101 cm³/mol. The van der Waals surface area contributed by atoms with E-state index in [4.69, 9.17) is 9.26 Å². The Hall–Kier alpha value is -3.19. The molecule has 2 aromatic carbocycles. The molecule has 0 fully saturated rings. The fourth-order valence-corrected chi connectivity index (χ4v) is 3.46. The minimum Gasteiger partial charge on any atom is -0.497 e. The molecule has 1 amide bonds. The van der Waals surface area contributed by atoms with Crippen molar-refractivity contribution in [2.24, 2.45) is 0 Å². The van der Waals surface area contributed by atoms with E-state index >= 15 is 0 Å². The molecule has 0 saturated carbocycles. The Bertz CT molecular complexity index is 1080. The van der Waals surface area contributed by atoms with Crippen molar-refractivity contribution in [3.63, 3.8) is 0 Å². The van der Waals surface area contributed by atoms with Crippen LogP contribution in [0.2, 0.25) is 0 Å². The average molecular weight is 365 g/mol. The van der Waals surface area contributed by atoms with E-state index in [0.717, 1.165) is 26.5 Å². The van der Waals surface area contributed by atoms with E-state index in [1.807, 2.05) is 49.4 Å². The summed E-state index contributed by atoms with van der Waals surface area (Å²) in [5.74, 6) is 0.554. The molecule has 4 rings (SSSR count). The van der Waals surface area contributed by atoms with Crippen LogP contribution < -0.4 is 10.1 Å². The zero-order valence-corrected chi connectivity index (χ0v) is 15.0. The van der Waals surface area contributed by atoms with E-state index < -0.39 is 0 Å². The normalized spacial score (nSPS) is 10.8. The molecule has 0 unspecified atom stereocenters. The number of thiazole rings is 1. The van der Waals surface area contributed by atoms with Gasteiger partial charge < -0.3 is 14.6 Å². The highest BCUT2D eigenvalue weighted by atomic mass is 32.1. The second-order valence-electron chi connectivity index (χ2n) is 5.67. The molecule has 0 aliphatic rings. The lowest BCUT2D eigenvalue weighted by Gasteiger charge is -2.02. The Morgan fingerprint density at radius 2 is 1.96 bits per heavy atom. The van der Waals surface area contributed by atoms with E-state index in [-0.39, 0.29) is 11.7 Å². The molecule has 0 aliphatic carbocycles. The Morgan fingerprint density at radius 1 is 1.15 bits per heavy atom. The summed E-state index contributed by atoms with van der Waals surface area (Å²) in [7, 11) is 1.61. The first-order valence-corrected chi connectivity index (χ1v) is 8.74. The maximum Gasteiger partial charge on any atom is 0.294 e. The maximum absolute atomic E-state index is 12.4. The van der Waals surface area contributed by atoms with Crippen molar-refractivity contribution >= 4 is 33.1 Å². The number of nitrogens with one attached hydrogen (secondary N) is 1. The monoisotopic (exact) mass is 365 g/mol. The smallest absolute Gasteiger partial charge is 0.294 e. The zero-order chi connectivity index (χ0) is 18.1. The molecular formula is C19H15N3O3S. The Morgan fingerprint density at radius 3 is 2.73 bits per heavy atom. The molecule has 26 heavy (non-hydrogen) atoms. The number of rotatable bonds is 4. The van der Waals surface area contributed by atoms with Gasteiger partial charge in [0.25, 0.3) is 5.91 Å². The van der Waals surface area contributed by atoms with Crippen LogP contribution in [0.15, 0.2) is 53.1 Å². The van der Waals surface area contributed by atoms with Crippen molar-refractivity contribution in [1.29, 1.82) is 0 Å². The van der Waals surface area contributed by atoms with Crippen LogP contribution in [0.25, 0.3) is 21.5 Å². The second-order valence-corrected chi connectivity index (χ2v) is 6.91. The van der Waals surface area contributed by atoms with E-state index in [2.05, 4.69) is 15.5 Å². The summed E-state index contributed by atoms with van der Waals surface area (Å²) in [5, 5.41) is 7.79. The van der Waals surface area contributed by atoms with Gasteiger partial charge in [-0.1, -0.05) is 5.16 Å². The van der Waals surface area contributed by atoms with Gasteiger partial charge in [-0.2, -0.15) is 0 Å². The summed E-state index contributed by atoms with van der Waals surface area (Å²) in [6.45, 7) is 1.96. The van der Waals surface area contributed by atoms with Gasteiger partial charge in [-0.15, -0.1) is 11.3 Å². The molecule has 0 spiro atoms. The third-order valence-electron chi connectivity index (χ3n) is 3.87. The number of benzene rings is 2. The van der Waals surface area contributed by atoms with Crippen LogP contribution in [0.5, 0.6) is 5.75 Å². The summed E-state index contributed by atoms with van der Waals surface area (Å²) in [6.07, 6.45) is 0. The fourth-order valence-electron chi connectivity index (χ4n) is 2.59. The van der Waals surface area contributed by atoms with E-state index in [0.29, 0.717) is 11.4 Å². The quantitative estimate of drug-likeness (QED) is 0.575. The first-order valence-electron chi connectivity index (χ1n) is 7.92. The first-order chi connectivity index (χ1) is 12.6. The van der Waals surface area contributed by atoms with Crippen molar-refractivity contribution in [1.82, 2.24) is 10.1 Å². The van der Waals surface area contributed by atoms with Gasteiger partial charge in [0, 0.05) is 17.3 Å². The summed E-state index contributed by atoms with van der Waals surface area (Å²) >= 11 is 1.59. The number of hydrogen-bond donors (Lipinski definition) is 1. The van der Waals surface area contributed by atoms with Crippen LogP contribution in [0.3, 0.4) is 0 Å². The number of aromatic nitrogens is 2. The van der Waals surface area contributed by atoms with E-state index in [1.165, 1.54) is 0 Å². The first kappa shape index (κ1) is 16.3. The number of carbonyl (C=O) groups excluding carboxylic acids is 1. The van der Waals surface area contributed by atoms with Crippen molar-refractivity contribution in [2.45, 2.75) is 6.92 Å². The van der Waals surface area contributed by atoms with Gasteiger partial charge in [0.15, 0.2) is 0 Å². The van der Waals surface area contributed by atoms with Crippen molar-refractivity contribution in [2.75, 3.05) is 12.4 Å². The number of hydrogen-bond acceptors (Lipinski definition) is 6. The Kier molecular flexibility index (Phi) is 4.14. The molecule has 0 radical (unpaired) electrons. The summed E-state index contributed by atoms with van der Waals surface area (Å²) in [5.41, 5.74) is 3.04. The number of ether oxygens (including phenoxy) is 1. The highest BCUT2D eigenvalue weighted by Gasteiger charge is 2.15. The van der Waals surface area contributed by atoms with Crippen LogP contribution in [0.4, 0.5) is 5.69 Å². The number of carbonyl (C=O) groups is 1. The lowest BCUT2D eigenvalue weighted by atomic mass is 10.1. The topological polar surface area (TPSA) is 77.2 Å². The van der Waals surface area contributed by atoms with Gasteiger partial charge in [-0.25, -0.2) is 4.98 Å². The molecule has 0 aliphatic heterocycles. The molecule has 2 heterocycles. The lowest BCUT2D eigenvalue weighted by molar-refractivity contribution is 0.0988. The summed E-state index contributed by atoms with van der Waals surface area (Å²) in [4.78, 5) is 16.8. The van der Waals surface area contributed by atoms with E-state index in [9.17, 15) is 4.79 Å². The van der Waals surface area contributed by atoms with Gasteiger partial charge in [0.2, 0.25) is 5.76 Å². The molecule has 2 aromatic heterocycles. The van der Waals surface area contributed by atoms with Gasteiger partial charge in [0.1, 0.15) is 11.4 Å². The zero-order valence-electron chi connectivity index (χ0n) is 14.1. The maximum atomic E-state index is 12.4. The van der Waals surface area contributed by atoms with Crippen LogP contribution in [-0.4, -0.2) is 23.2 Å². The molecule has 130 valence electrons. The standard InChI is InChI=1S/C19H15N3O3S/c1-11-20-15-8-5-13(9-18(15)26-11)21-19(23)17-10-16(22-25-17)12-3-6-14(24-2)7-4-12/h3-10H,1-2H3,(H,21,23). The average Bonchev–Trinajstić information content (AvgIpc) is 3.27. The third-order valence-corrected chi connectivity index (χ3v) is 4.81. The van der Waals surface area contributed by atoms with Gasteiger partial charge >= 0.3 is 0 Å². The number of nitrogens with zero attached hydrogens (tertiary/aromatic N) is 2. The van der Waals surface area contributed by atoms with Crippen molar-refractivity contribution in [3.05, 3.63) is 59.3 Å². The Balaban J connectivity index is 1.53. The number of fused-ring (bicyclic) bond motifs is 1. The number of anilines is 1. The lowest BCUT2D eigenvalue weighted by Crippen LogP contribution is -2.10. The van der Waals surface area contributed by atoms with Crippen LogP contribution in [0, 0.1) is 6.92 Å². The largest absolute Gasteiger partial charge is 0.497 e.